The molecule has 0 bridgehead atoms. The van der Waals surface area contributed by atoms with E-state index in [2.05, 4.69) is 0 Å². The Morgan fingerprint density at radius 3 is 2.27 bits per heavy atom. The Balaban J connectivity index is 2.38. The van der Waals surface area contributed by atoms with E-state index < -0.39 is 16.1 Å². The molecule has 1 saturated heterocycles. The standard InChI is InChI=1S/C15H21ClN2O3S/c1-3-14(15(19)17-10-4-5-11-17)18(22(2,20)21)13-8-6-12(16)7-9-13/h6-9,14H,3-5,10-11H2,1-2H3/t14-/m0/s1. The van der Waals surface area contributed by atoms with Crippen LogP contribution in [0.4, 0.5) is 5.69 Å². The zero-order valence-corrected chi connectivity index (χ0v) is 14.4. The van der Waals surface area contributed by atoms with E-state index in [0.29, 0.717) is 30.2 Å². The van der Waals surface area contributed by atoms with E-state index in [0.717, 1.165) is 19.1 Å². The number of likely N-dealkylation sites (tertiary alicyclic amines) is 1. The molecule has 1 aliphatic heterocycles. The highest BCUT2D eigenvalue weighted by molar-refractivity contribution is 7.92. The van der Waals surface area contributed by atoms with Crippen LogP contribution in [0.15, 0.2) is 24.3 Å². The number of benzene rings is 1. The summed E-state index contributed by atoms with van der Waals surface area (Å²) in [5.74, 6) is -0.125. The first-order valence-electron chi connectivity index (χ1n) is 7.38. The van der Waals surface area contributed by atoms with E-state index in [-0.39, 0.29) is 5.91 Å². The van der Waals surface area contributed by atoms with Gasteiger partial charge in [-0.15, -0.1) is 0 Å². The van der Waals surface area contributed by atoms with Crippen molar-refractivity contribution in [1.82, 2.24) is 4.90 Å². The first-order valence-corrected chi connectivity index (χ1v) is 9.61. The van der Waals surface area contributed by atoms with E-state index in [1.165, 1.54) is 4.31 Å². The van der Waals surface area contributed by atoms with E-state index >= 15 is 0 Å². The van der Waals surface area contributed by atoms with Crippen molar-refractivity contribution in [1.29, 1.82) is 0 Å². The monoisotopic (exact) mass is 344 g/mol. The second kappa shape index (κ2) is 6.87. The lowest BCUT2D eigenvalue weighted by Gasteiger charge is -2.32. The number of carbonyl (C=O) groups excluding carboxylic acids is 1. The number of sulfonamides is 1. The normalized spacial score (nSPS) is 16.6. The Hall–Kier alpha value is -1.27. The summed E-state index contributed by atoms with van der Waals surface area (Å²) < 4.78 is 25.7. The van der Waals surface area contributed by atoms with Crippen LogP contribution in [0, 0.1) is 0 Å². The molecule has 0 saturated carbocycles. The van der Waals surface area contributed by atoms with Crippen molar-refractivity contribution in [2.24, 2.45) is 0 Å². The molecule has 5 nitrogen and oxygen atoms in total. The van der Waals surface area contributed by atoms with Crippen molar-refractivity contribution in [2.45, 2.75) is 32.2 Å². The van der Waals surface area contributed by atoms with Crippen molar-refractivity contribution in [2.75, 3.05) is 23.7 Å². The molecule has 1 aromatic carbocycles. The summed E-state index contributed by atoms with van der Waals surface area (Å²) in [6, 6.07) is 5.80. The SMILES string of the molecule is CC[C@@H](C(=O)N1CCCC1)N(c1ccc(Cl)cc1)S(C)(=O)=O. The maximum atomic E-state index is 12.7. The van der Waals surface area contributed by atoms with E-state index in [1.54, 1.807) is 29.2 Å². The molecule has 22 heavy (non-hydrogen) atoms. The number of halogens is 1. The Morgan fingerprint density at radius 1 is 1.27 bits per heavy atom. The highest BCUT2D eigenvalue weighted by Gasteiger charge is 2.34. The van der Waals surface area contributed by atoms with Gasteiger partial charge in [-0.25, -0.2) is 8.42 Å². The van der Waals surface area contributed by atoms with Crippen LogP contribution in [-0.4, -0.2) is 44.6 Å². The van der Waals surface area contributed by atoms with Gasteiger partial charge in [0.05, 0.1) is 11.9 Å². The number of hydrogen-bond donors (Lipinski definition) is 0. The molecule has 0 N–H and O–H groups in total. The quantitative estimate of drug-likeness (QED) is 0.824. The zero-order valence-electron chi connectivity index (χ0n) is 12.8. The Morgan fingerprint density at radius 2 is 1.82 bits per heavy atom. The first kappa shape index (κ1) is 17.1. The molecule has 0 spiro atoms. The first-order chi connectivity index (χ1) is 10.3. The van der Waals surface area contributed by atoms with Crippen LogP contribution < -0.4 is 4.31 Å². The van der Waals surface area contributed by atoms with Gasteiger partial charge in [0.15, 0.2) is 0 Å². The molecule has 2 rings (SSSR count). The van der Waals surface area contributed by atoms with Crippen LogP contribution in [0.3, 0.4) is 0 Å². The van der Waals surface area contributed by atoms with Gasteiger partial charge in [-0.05, 0) is 43.5 Å². The number of nitrogens with zero attached hydrogens (tertiary/aromatic N) is 2. The molecular weight excluding hydrogens is 324 g/mol. The fraction of sp³-hybridized carbons (Fsp3) is 0.533. The lowest BCUT2D eigenvalue weighted by molar-refractivity contribution is -0.131. The van der Waals surface area contributed by atoms with Crippen LogP contribution in [-0.2, 0) is 14.8 Å². The van der Waals surface area contributed by atoms with Crippen LogP contribution in [0.5, 0.6) is 0 Å². The number of rotatable bonds is 5. The smallest absolute Gasteiger partial charge is 0.246 e. The van der Waals surface area contributed by atoms with Gasteiger partial charge in [-0.2, -0.15) is 0 Å². The molecule has 1 aliphatic rings. The molecule has 0 unspecified atom stereocenters. The van der Waals surface area contributed by atoms with Crippen LogP contribution in [0.2, 0.25) is 5.02 Å². The molecule has 122 valence electrons. The lowest BCUT2D eigenvalue weighted by atomic mass is 10.1. The lowest BCUT2D eigenvalue weighted by Crippen LogP contribution is -2.50. The van der Waals surface area contributed by atoms with Gasteiger partial charge in [0, 0.05) is 18.1 Å². The molecule has 1 heterocycles. The highest BCUT2D eigenvalue weighted by atomic mass is 35.5. The van der Waals surface area contributed by atoms with E-state index in [4.69, 9.17) is 11.6 Å². The van der Waals surface area contributed by atoms with Crippen LogP contribution in [0.1, 0.15) is 26.2 Å². The number of carbonyl (C=O) groups is 1. The summed E-state index contributed by atoms with van der Waals surface area (Å²) in [6.45, 7) is 3.23. The number of amides is 1. The molecule has 1 atom stereocenters. The van der Waals surface area contributed by atoms with Gasteiger partial charge in [0.2, 0.25) is 15.9 Å². The maximum Gasteiger partial charge on any atom is 0.246 e. The van der Waals surface area contributed by atoms with E-state index in [9.17, 15) is 13.2 Å². The largest absolute Gasteiger partial charge is 0.341 e. The van der Waals surface area contributed by atoms with E-state index in [1.807, 2.05) is 6.92 Å². The third-order valence-electron chi connectivity index (χ3n) is 3.81. The van der Waals surface area contributed by atoms with Crippen molar-refractivity contribution >= 4 is 33.2 Å². The molecule has 1 aromatic rings. The average Bonchev–Trinajstić information content (AvgIpc) is 2.98. The summed E-state index contributed by atoms with van der Waals surface area (Å²) in [5, 5.41) is 0.524. The highest BCUT2D eigenvalue weighted by Crippen LogP contribution is 2.26. The molecule has 1 amide bonds. The Kier molecular flexibility index (Phi) is 5.34. The minimum atomic E-state index is -3.57. The average molecular weight is 345 g/mol. The number of anilines is 1. The minimum Gasteiger partial charge on any atom is -0.341 e. The van der Waals surface area contributed by atoms with Gasteiger partial charge >= 0.3 is 0 Å². The van der Waals surface area contributed by atoms with Crippen molar-refractivity contribution in [3.8, 4) is 0 Å². The molecule has 0 radical (unpaired) electrons. The summed E-state index contributed by atoms with van der Waals surface area (Å²) in [7, 11) is -3.57. The molecule has 0 aliphatic carbocycles. The zero-order chi connectivity index (χ0) is 16.3. The van der Waals surface area contributed by atoms with Gasteiger partial charge in [-0.3, -0.25) is 9.10 Å². The topological polar surface area (TPSA) is 57.7 Å². The summed E-state index contributed by atoms with van der Waals surface area (Å²) in [6.07, 6.45) is 3.50. The third-order valence-corrected chi connectivity index (χ3v) is 5.24. The van der Waals surface area contributed by atoms with Crippen molar-refractivity contribution in [3.63, 3.8) is 0 Å². The maximum absolute atomic E-state index is 12.7. The fourth-order valence-electron chi connectivity index (χ4n) is 2.78. The van der Waals surface area contributed by atoms with Gasteiger partial charge in [-0.1, -0.05) is 18.5 Å². The second-order valence-electron chi connectivity index (χ2n) is 5.49. The molecule has 1 fully saturated rings. The Bertz CT molecular complexity index is 625. The Labute approximate surface area is 136 Å². The summed E-state index contributed by atoms with van der Waals surface area (Å²) in [4.78, 5) is 14.5. The molecule has 7 heteroatoms. The van der Waals surface area contributed by atoms with Crippen molar-refractivity contribution in [3.05, 3.63) is 29.3 Å². The third kappa shape index (κ3) is 3.73. The van der Waals surface area contributed by atoms with Gasteiger partial charge in [0.25, 0.3) is 0 Å². The van der Waals surface area contributed by atoms with Crippen molar-refractivity contribution < 1.29 is 13.2 Å². The van der Waals surface area contributed by atoms with Gasteiger partial charge < -0.3 is 4.90 Å². The summed E-state index contributed by atoms with van der Waals surface area (Å²) in [5.41, 5.74) is 0.464. The summed E-state index contributed by atoms with van der Waals surface area (Å²) >= 11 is 5.87. The van der Waals surface area contributed by atoms with Gasteiger partial charge in [0.1, 0.15) is 6.04 Å². The fourth-order valence-corrected chi connectivity index (χ4v) is 4.11. The molecular formula is C15H21ClN2O3S. The van der Waals surface area contributed by atoms with Crippen LogP contribution >= 0.6 is 11.6 Å². The predicted molar refractivity (Wildman–Crippen MR) is 88.7 cm³/mol. The number of hydrogen-bond acceptors (Lipinski definition) is 3. The second-order valence-corrected chi connectivity index (χ2v) is 7.79. The molecule has 0 aromatic heterocycles. The predicted octanol–water partition coefficient (Wildman–Crippen LogP) is 2.51. The van der Waals surface area contributed by atoms with Crippen LogP contribution in [0.25, 0.3) is 0 Å². The minimum absolute atomic E-state index is 0.125.